The zero-order valence-corrected chi connectivity index (χ0v) is 18.9. The van der Waals surface area contributed by atoms with Crippen molar-refractivity contribution in [2.45, 2.75) is 12.9 Å². The fraction of sp³-hybridized carbons (Fsp3) is 0.0870. The molecule has 0 aliphatic heterocycles. The molecule has 3 N–H and O–H groups in total. The van der Waals surface area contributed by atoms with Gasteiger partial charge in [0.05, 0.1) is 20.7 Å². The van der Waals surface area contributed by atoms with Gasteiger partial charge in [-0.3, -0.25) is 25.0 Å². The van der Waals surface area contributed by atoms with Crippen LogP contribution >= 0.6 is 11.3 Å². The summed E-state index contributed by atoms with van der Waals surface area (Å²) in [5.74, 6) is -1.21. The lowest BCUT2D eigenvalue weighted by Gasteiger charge is -2.07. The molecule has 0 unspecified atom stereocenters. The first-order chi connectivity index (χ1) is 17.0. The lowest BCUT2D eigenvalue weighted by atomic mass is 10.1. The Kier molecular flexibility index (Phi) is 7.94. The van der Waals surface area contributed by atoms with E-state index in [-0.39, 0.29) is 21.9 Å². The molecule has 2 amide bonds. The fourth-order valence-electron chi connectivity index (χ4n) is 2.94. The Bertz CT molecular complexity index is 1420. The number of hydrogen-bond donors (Lipinski definition) is 2. The number of primary amides is 1. The monoisotopic (exact) mass is 520 g/mol. The van der Waals surface area contributed by atoms with Gasteiger partial charge in [0.25, 0.3) is 11.6 Å². The second-order valence-corrected chi connectivity index (χ2v) is 8.14. The molecule has 0 radical (unpaired) electrons. The maximum absolute atomic E-state index is 12.5. The van der Waals surface area contributed by atoms with E-state index < -0.39 is 35.2 Å². The Balaban J connectivity index is 0.000000275. The Morgan fingerprint density at radius 1 is 1.06 bits per heavy atom. The molecule has 0 saturated carbocycles. The molecular weight excluding hydrogens is 504 g/mol. The summed E-state index contributed by atoms with van der Waals surface area (Å²) in [6.45, 7) is -0.654. The number of nitrogens with zero attached hydrogens (tertiary/aromatic N) is 2. The average molecular weight is 520 g/mol. The number of fused-ring (bicyclic) bond motifs is 1. The molecule has 13 heteroatoms. The van der Waals surface area contributed by atoms with E-state index in [4.69, 9.17) is 5.73 Å². The summed E-state index contributed by atoms with van der Waals surface area (Å²) in [6, 6.07) is 14.2. The predicted octanol–water partition coefficient (Wildman–Crippen LogP) is 5.73. The van der Waals surface area contributed by atoms with Crippen molar-refractivity contribution >= 4 is 44.2 Å². The van der Waals surface area contributed by atoms with Crippen LogP contribution in [0.4, 0.5) is 28.4 Å². The number of carbonyl (C=O) groups is 2. The number of nitrogens with two attached hydrogens (primary N) is 1. The van der Waals surface area contributed by atoms with Gasteiger partial charge in [0.1, 0.15) is 6.67 Å². The molecule has 0 aliphatic rings. The predicted molar refractivity (Wildman–Crippen MR) is 125 cm³/mol. The number of nitrogens with one attached hydrogen (secondary N) is 1. The molecule has 36 heavy (non-hydrogen) atoms. The van der Waals surface area contributed by atoms with Crippen molar-refractivity contribution in [3.63, 3.8) is 0 Å². The Labute approximate surface area is 204 Å². The number of non-ortho nitro benzene ring substituents is 1. The molecule has 4 aromatic rings. The molecule has 0 spiro atoms. The molecule has 0 aliphatic carbocycles. The average Bonchev–Trinajstić information content (AvgIpc) is 3.25. The summed E-state index contributed by atoms with van der Waals surface area (Å²) in [6.07, 6.45) is -4.48. The number of amides is 2. The Morgan fingerprint density at radius 3 is 2.28 bits per heavy atom. The second-order valence-electron chi connectivity index (χ2n) is 7.11. The highest BCUT2D eigenvalue weighted by molar-refractivity contribution is 7.22. The molecule has 8 nitrogen and oxygen atoms in total. The number of halogens is 4. The number of thiazole rings is 1. The van der Waals surface area contributed by atoms with E-state index in [9.17, 15) is 37.3 Å². The number of benzene rings is 3. The highest BCUT2D eigenvalue weighted by Crippen LogP contribution is 2.31. The highest BCUT2D eigenvalue weighted by atomic mass is 32.1. The normalized spacial score (nSPS) is 10.9. The lowest BCUT2D eigenvalue weighted by molar-refractivity contribution is -0.384. The maximum Gasteiger partial charge on any atom is 0.416 e. The summed E-state index contributed by atoms with van der Waals surface area (Å²) < 4.78 is 50.2. The third-order valence-corrected chi connectivity index (χ3v) is 5.64. The van der Waals surface area contributed by atoms with Gasteiger partial charge >= 0.3 is 6.18 Å². The maximum atomic E-state index is 12.5. The highest BCUT2D eigenvalue weighted by Gasteiger charge is 2.30. The number of carbonyl (C=O) groups excluding carboxylic acids is 2. The van der Waals surface area contributed by atoms with Crippen LogP contribution in [0.15, 0.2) is 66.7 Å². The molecule has 1 heterocycles. The molecule has 0 atom stereocenters. The van der Waals surface area contributed by atoms with Crippen LogP contribution in [0.2, 0.25) is 0 Å². The smallest absolute Gasteiger partial charge is 0.366 e. The second kappa shape index (κ2) is 10.9. The molecule has 3 aromatic carbocycles. The standard InChI is InChI=1S/C15H8F3N3O3S.C8H8FNO/c16-15(17,18)9-3-1-8(2-4-9)13(22)20-14-19-11-6-5-10(21(23)24)7-12(11)25-14;9-5-6-3-1-2-4-7(6)8(10)11/h1-7H,(H,19,20,22);1-4H,5H2,(H2,10,11). The first kappa shape index (κ1) is 26.2. The van der Waals surface area contributed by atoms with Crippen LogP contribution in [0.25, 0.3) is 10.2 Å². The van der Waals surface area contributed by atoms with E-state index in [0.717, 1.165) is 35.6 Å². The van der Waals surface area contributed by atoms with Crippen LogP contribution in [0.5, 0.6) is 0 Å². The zero-order valence-electron chi connectivity index (χ0n) is 18.1. The number of hydrogen-bond acceptors (Lipinski definition) is 6. The number of alkyl halides is 4. The summed E-state index contributed by atoms with van der Waals surface area (Å²) in [5.41, 5.74) is 5.15. The topological polar surface area (TPSA) is 128 Å². The summed E-state index contributed by atoms with van der Waals surface area (Å²) in [5, 5.41) is 13.4. The Hall–Kier alpha value is -4.39. The van der Waals surface area contributed by atoms with Crippen molar-refractivity contribution in [2.24, 2.45) is 5.73 Å². The van der Waals surface area contributed by atoms with Crippen LogP contribution in [-0.4, -0.2) is 21.7 Å². The molecule has 0 saturated heterocycles. The first-order valence-corrected chi connectivity index (χ1v) is 10.8. The van der Waals surface area contributed by atoms with Gasteiger partial charge in [-0.1, -0.05) is 29.5 Å². The SMILES string of the molecule is NC(=O)c1ccccc1CF.O=C(Nc1nc2ccc([N+](=O)[O-])cc2s1)c1ccc(C(F)(F)F)cc1. The van der Waals surface area contributed by atoms with Crippen molar-refractivity contribution in [3.05, 3.63) is 99.1 Å². The van der Waals surface area contributed by atoms with Gasteiger partial charge in [-0.05, 0) is 42.0 Å². The molecule has 186 valence electrons. The first-order valence-electron chi connectivity index (χ1n) is 9.97. The number of nitro groups is 1. The van der Waals surface area contributed by atoms with Gasteiger partial charge in [-0.2, -0.15) is 13.2 Å². The minimum absolute atomic E-state index is 0.0400. The Morgan fingerprint density at radius 2 is 1.72 bits per heavy atom. The quantitative estimate of drug-likeness (QED) is 0.197. The van der Waals surface area contributed by atoms with Gasteiger partial charge < -0.3 is 5.73 Å². The van der Waals surface area contributed by atoms with Crippen molar-refractivity contribution in [3.8, 4) is 0 Å². The third-order valence-electron chi connectivity index (χ3n) is 4.70. The van der Waals surface area contributed by atoms with Crippen LogP contribution < -0.4 is 11.1 Å². The zero-order chi connectivity index (χ0) is 26.5. The molecule has 4 rings (SSSR count). The third kappa shape index (κ3) is 6.39. The van der Waals surface area contributed by atoms with Crippen LogP contribution in [-0.2, 0) is 12.9 Å². The molecular formula is C23H16F4N4O4S. The number of rotatable bonds is 5. The summed E-state index contributed by atoms with van der Waals surface area (Å²) in [7, 11) is 0. The lowest BCUT2D eigenvalue weighted by Crippen LogP contribution is -2.12. The van der Waals surface area contributed by atoms with Gasteiger partial charge in [-0.25, -0.2) is 9.37 Å². The molecule has 0 bridgehead atoms. The van der Waals surface area contributed by atoms with Gasteiger partial charge in [0.15, 0.2) is 5.13 Å². The van der Waals surface area contributed by atoms with Crippen LogP contribution in [0.1, 0.15) is 31.8 Å². The van der Waals surface area contributed by atoms with E-state index >= 15 is 0 Å². The van der Waals surface area contributed by atoms with Crippen molar-refractivity contribution in [1.82, 2.24) is 4.98 Å². The van der Waals surface area contributed by atoms with Gasteiger partial charge in [-0.15, -0.1) is 0 Å². The minimum Gasteiger partial charge on any atom is -0.366 e. The van der Waals surface area contributed by atoms with Crippen molar-refractivity contribution in [1.29, 1.82) is 0 Å². The number of nitro benzene ring substituents is 1. The number of anilines is 1. The van der Waals surface area contributed by atoms with E-state index in [0.29, 0.717) is 15.8 Å². The summed E-state index contributed by atoms with van der Waals surface area (Å²) in [4.78, 5) is 37.1. The van der Waals surface area contributed by atoms with E-state index in [1.165, 1.54) is 24.3 Å². The van der Waals surface area contributed by atoms with Crippen LogP contribution in [0, 0.1) is 10.1 Å². The van der Waals surface area contributed by atoms with Crippen molar-refractivity contribution < 1.29 is 32.1 Å². The van der Waals surface area contributed by atoms with E-state index in [2.05, 4.69) is 10.3 Å². The molecule has 0 fully saturated rings. The van der Waals surface area contributed by atoms with Gasteiger partial charge in [0, 0.05) is 23.3 Å². The van der Waals surface area contributed by atoms with E-state index in [1.807, 2.05) is 0 Å². The van der Waals surface area contributed by atoms with Crippen LogP contribution in [0.3, 0.4) is 0 Å². The van der Waals surface area contributed by atoms with E-state index in [1.54, 1.807) is 18.2 Å². The van der Waals surface area contributed by atoms with Gasteiger partial charge in [0.2, 0.25) is 5.91 Å². The number of aromatic nitrogens is 1. The molecule has 1 aromatic heterocycles. The van der Waals surface area contributed by atoms with Crippen molar-refractivity contribution in [2.75, 3.05) is 5.32 Å². The largest absolute Gasteiger partial charge is 0.416 e. The summed E-state index contributed by atoms with van der Waals surface area (Å²) >= 11 is 1.03. The minimum atomic E-state index is -4.48. The fourth-order valence-corrected chi connectivity index (χ4v) is 3.83.